The zero-order valence-electron chi connectivity index (χ0n) is 11.4. The predicted octanol–water partition coefficient (Wildman–Crippen LogP) is 1.06. The van der Waals surface area contributed by atoms with E-state index in [0.717, 1.165) is 56.2 Å². The van der Waals surface area contributed by atoms with Crippen molar-refractivity contribution in [3.63, 3.8) is 0 Å². The summed E-state index contributed by atoms with van der Waals surface area (Å²) >= 11 is 0. The van der Waals surface area contributed by atoms with Crippen molar-refractivity contribution < 1.29 is 4.52 Å². The smallest absolute Gasteiger partial charge is 0.240 e. The summed E-state index contributed by atoms with van der Waals surface area (Å²) in [6, 6.07) is 0. The minimum Gasteiger partial charge on any atom is -0.338 e. The van der Waals surface area contributed by atoms with Gasteiger partial charge in [0.2, 0.25) is 5.89 Å². The van der Waals surface area contributed by atoms with E-state index in [1.807, 2.05) is 6.92 Å². The normalized spacial score (nSPS) is 30.8. The van der Waals surface area contributed by atoms with Crippen molar-refractivity contribution in [2.24, 2.45) is 11.8 Å². The summed E-state index contributed by atoms with van der Waals surface area (Å²) < 4.78 is 5.31. The highest BCUT2D eigenvalue weighted by Gasteiger charge is 2.49. The van der Waals surface area contributed by atoms with Gasteiger partial charge in [0, 0.05) is 25.0 Å². The molecule has 1 aromatic heterocycles. The van der Waals surface area contributed by atoms with Crippen LogP contribution in [0.3, 0.4) is 0 Å². The van der Waals surface area contributed by atoms with Gasteiger partial charge in [-0.2, -0.15) is 4.98 Å². The number of aryl methyl sites for hydroxylation is 1. The topological polar surface area (TPSA) is 54.2 Å². The van der Waals surface area contributed by atoms with Crippen LogP contribution in [-0.4, -0.2) is 40.2 Å². The maximum atomic E-state index is 5.31. The fourth-order valence-electron chi connectivity index (χ4n) is 3.43. The third kappa shape index (κ3) is 1.86. The fraction of sp³-hybridized carbons (Fsp3) is 0.846. The first-order chi connectivity index (χ1) is 8.61. The van der Waals surface area contributed by atoms with Gasteiger partial charge < -0.3 is 9.84 Å². The summed E-state index contributed by atoms with van der Waals surface area (Å²) in [5, 5.41) is 7.47. The molecular formula is C13H22N4O. The van der Waals surface area contributed by atoms with Gasteiger partial charge in [-0.15, -0.1) is 0 Å². The summed E-state index contributed by atoms with van der Waals surface area (Å²) in [5.41, 5.74) is 0.217. The molecule has 2 aliphatic heterocycles. The molecule has 1 N–H and O–H groups in total. The Balaban J connectivity index is 1.73. The van der Waals surface area contributed by atoms with E-state index in [2.05, 4.69) is 34.2 Å². The Morgan fingerprint density at radius 1 is 1.44 bits per heavy atom. The number of hydrogen-bond donors (Lipinski definition) is 1. The molecule has 0 spiro atoms. The fourth-order valence-corrected chi connectivity index (χ4v) is 3.43. The highest BCUT2D eigenvalue weighted by molar-refractivity contribution is 5.05. The minimum atomic E-state index is 0.217. The zero-order valence-corrected chi connectivity index (χ0v) is 11.4. The van der Waals surface area contributed by atoms with Crippen molar-refractivity contribution in [3.8, 4) is 0 Å². The molecule has 1 aromatic rings. The van der Waals surface area contributed by atoms with Gasteiger partial charge in [0.25, 0.3) is 0 Å². The number of likely N-dealkylation sites (tertiary alicyclic amines) is 1. The molecular weight excluding hydrogens is 228 g/mol. The van der Waals surface area contributed by atoms with Crippen molar-refractivity contribution in [3.05, 3.63) is 11.7 Å². The lowest BCUT2D eigenvalue weighted by Crippen LogP contribution is -2.43. The van der Waals surface area contributed by atoms with Crippen LogP contribution in [0.2, 0.25) is 0 Å². The highest BCUT2D eigenvalue weighted by Crippen LogP contribution is 2.41. The number of nitrogens with zero attached hydrogens (tertiary/aromatic N) is 3. The van der Waals surface area contributed by atoms with Crippen LogP contribution in [0.15, 0.2) is 4.52 Å². The first-order valence-corrected chi connectivity index (χ1v) is 6.88. The molecule has 0 bridgehead atoms. The predicted molar refractivity (Wildman–Crippen MR) is 68.0 cm³/mol. The van der Waals surface area contributed by atoms with Crippen LogP contribution in [0.5, 0.6) is 0 Å². The number of hydrogen-bond acceptors (Lipinski definition) is 5. The lowest BCUT2D eigenvalue weighted by atomic mass is 9.85. The summed E-state index contributed by atoms with van der Waals surface area (Å²) in [5.74, 6) is 3.08. The molecule has 2 saturated heterocycles. The molecule has 0 radical (unpaired) electrons. The van der Waals surface area contributed by atoms with Crippen molar-refractivity contribution in [2.75, 3.05) is 19.6 Å². The molecule has 3 rings (SSSR count). The number of nitrogens with one attached hydrogen (secondary N) is 1. The SMILES string of the molecule is CCc1noc(CN2CC3CNCC3C2(C)C)n1. The van der Waals surface area contributed by atoms with Crippen LogP contribution >= 0.6 is 0 Å². The molecule has 18 heavy (non-hydrogen) atoms. The van der Waals surface area contributed by atoms with E-state index in [1.165, 1.54) is 0 Å². The van der Waals surface area contributed by atoms with Gasteiger partial charge >= 0.3 is 0 Å². The van der Waals surface area contributed by atoms with E-state index in [0.29, 0.717) is 0 Å². The first kappa shape index (κ1) is 12.1. The minimum absolute atomic E-state index is 0.217. The van der Waals surface area contributed by atoms with Gasteiger partial charge in [0.1, 0.15) is 0 Å². The third-order valence-electron chi connectivity index (χ3n) is 4.67. The summed E-state index contributed by atoms with van der Waals surface area (Å²) in [6.45, 7) is 10.9. The molecule has 2 unspecified atom stereocenters. The molecule has 5 heteroatoms. The van der Waals surface area contributed by atoms with E-state index >= 15 is 0 Å². The van der Waals surface area contributed by atoms with Gasteiger partial charge in [-0.1, -0.05) is 12.1 Å². The van der Waals surface area contributed by atoms with Crippen molar-refractivity contribution >= 4 is 0 Å². The molecule has 0 aromatic carbocycles. The van der Waals surface area contributed by atoms with Crippen molar-refractivity contribution in [1.82, 2.24) is 20.4 Å². The van der Waals surface area contributed by atoms with E-state index in [1.54, 1.807) is 0 Å². The molecule has 0 aliphatic carbocycles. The average Bonchev–Trinajstić information content (AvgIpc) is 3.00. The Hall–Kier alpha value is -0.940. The van der Waals surface area contributed by atoms with Crippen LogP contribution < -0.4 is 5.32 Å². The van der Waals surface area contributed by atoms with Gasteiger partial charge in [0.05, 0.1) is 6.54 Å². The van der Waals surface area contributed by atoms with E-state index in [-0.39, 0.29) is 5.54 Å². The van der Waals surface area contributed by atoms with Gasteiger partial charge in [-0.05, 0) is 32.2 Å². The Morgan fingerprint density at radius 2 is 2.28 bits per heavy atom. The Labute approximate surface area is 108 Å². The van der Waals surface area contributed by atoms with Crippen LogP contribution in [0.1, 0.15) is 32.5 Å². The Bertz CT molecular complexity index is 428. The van der Waals surface area contributed by atoms with Crippen LogP contribution in [0.25, 0.3) is 0 Å². The van der Waals surface area contributed by atoms with Crippen LogP contribution in [0, 0.1) is 11.8 Å². The van der Waals surface area contributed by atoms with Gasteiger partial charge in [-0.25, -0.2) is 0 Å². The second-order valence-corrected chi connectivity index (χ2v) is 6.02. The third-order valence-corrected chi connectivity index (χ3v) is 4.67. The molecule has 2 fully saturated rings. The number of aromatic nitrogens is 2. The molecule has 2 aliphatic rings. The molecule has 5 nitrogen and oxygen atoms in total. The van der Waals surface area contributed by atoms with E-state index in [9.17, 15) is 0 Å². The van der Waals surface area contributed by atoms with Gasteiger partial charge in [0.15, 0.2) is 5.82 Å². The average molecular weight is 250 g/mol. The second kappa shape index (κ2) is 4.31. The number of rotatable bonds is 3. The summed E-state index contributed by atoms with van der Waals surface area (Å²) in [4.78, 5) is 6.91. The van der Waals surface area contributed by atoms with Gasteiger partial charge in [-0.3, -0.25) is 4.90 Å². The Morgan fingerprint density at radius 3 is 2.94 bits per heavy atom. The number of fused-ring (bicyclic) bond motifs is 1. The maximum absolute atomic E-state index is 5.31. The van der Waals surface area contributed by atoms with Crippen molar-refractivity contribution in [1.29, 1.82) is 0 Å². The molecule has 0 amide bonds. The summed E-state index contributed by atoms with van der Waals surface area (Å²) in [6.07, 6.45) is 0.835. The molecule has 2 atom stereocenters. The molecule has 100 valence electrons. The highest BCUT2D eigenvalue weighted by atomic mass is 16.5. The second-order valence-electron chi connectivity index (χ2n) is 6.02. The molecule has 3 heterocycles. The first-order valence-electron chi connectivity index (χ1n) is 6.88. The van der Waals surface area contributed by atoms with E-state index in [4.69, 9.17) is 4.52 Å². The lowest BCUT2D eigenvalue weighted by molar-refractivity contribution is 0.117. The largest absolute Gasteiger partial charge is 0.338 e. The standard InChI is InChI=1S/C13H22N4O/c1-4-11-15-12(18-16-11)8-17-7-9-5-14-6-10(9)13(17,2)3/h9-10,14H,4-8H2,1-3H3. The zero-order chi connectivity index (χ0) is 12.8. The quantitative estimate of drug-likeness (QED) is 0.869. The maximum Gasteiger partial charge on any atom is 0.240 e. The van der Waals surface area contributed by atoms with Crippen molar-refractivity contribution in [2.45, 2.75) is 39.3 Å². The van der Waals surface area contributed by atoms with Crippen LogP contribution in [0.4, 0.5) is 0 Å². The molecule has 0 saturated carbocycles. The Kier molecular flexibility index (Phi) is 2.90. The summed E-state index contributed by atoms with van der Waals surface area (Å²) in [7, 11) is 0. The van der Waals surface area contributed by atoms with E-state index < -0.39 is 0 Å². The lowest BCUT2D eigenvalue weighted by Gasteiger charge is -2.34. The van der Waals surface area contributed by atoms with Crippen LogP contribution in [-0.2, 0) is 13.0 Å². The monoisotopic (exact) mass is 250 g/mol.